The van der Waals surface area contributed by atoms with Crippen molar-refractivity contribution in [2.24, 2.45) is 0 Å². The average molecular weight is 472 g/mol. The zero-order valence-corrected chi connectivity index (χ0v) is 17.2. The predicted molar refractivity (Wildman–Crippen MR) is 107 cm³/mol. The molecule has 0 spiro atoms. The van der Waals surface area contributed by atoms with Gasteiger partial charge in [0.05, 0.1) is 23.5 Å². The topological polar surface area (TPSA) is 107 Å². The van der Waals surface area contributed by atoms with Gasteiger partial charge in [0.25, 0.3) is 23.0 Å². The average Bonchev–Trinajstić information content (AvgIpc) is 2.70. The van der Waals surface area contributed by atoms with Crippen LogP contribution in [0.3, 0.4) is 0 Å². The second-order valence-corrected chi connectivity index (χ2v) is 7.77. The van der Waals surface area contributed by atoms with Crippen molar-refractivity contribution in [1.82, 2.24) is 0 Å². The monoisotopic (exact) mass is 472 g/mol. The summed E-state index contributed by atoms with van der Waals surface area (Å²) in [5.41, 5.74) is -2.85. The molecule has 168 valence electrons. The molecule has 0 saturated heterocycles. The first-order valence-electron chi connectivity index (χ1n) is 8.68. The molecule has 0 heterocycles. The first-order chi connectivity index (χ1) is 14.8. The lowest BCUT2D eigenvalue weighted by Gasteiger charge is -2.29. The Morgan fingerprint density at radius 1 is 0.969 bits per heavy atom. The molecular formula is C17H15B3F4O7S. The molecule has 0 atom stereocenters. The molecule has 15 heteroatoms. The number of benzene rings is 1. The highest BCUT2D eigenvalue weighted by Gasteiger charge is 2.55. The Kier molecular flexibility index (Phi) is 10.0. The van der Waals surface area contributed by atoms with Crippen LogP contribution in [0.2, 0.25) is 0 Å². The van der Waals surface area contributed by atoms with Crippen LogP contribution in [-0.4, -0.2) is 72.7 Å². The van der Waals surface area contributed by atoms with Gasteiger partial charge in [-0.25, -0.2) is 27.2 Å². The van der Waals surface area contributed by atoms with E-state index in [0.29, 0.717) is 22.8 Å². The molecule has 1 aromatic carbocycles. The molecule has 1 rings (SSSR count). The molecule has 0 aliphatic carbocycles. The zero-order chi connectivity index (χ0) is 24.7. The Morgan fingerprint density at radius 3 is 1.81 bits per heavy atom. The second kappa shape index (κ2) is 11.5. The molecular weight excluding hydrogens is 457 g/mol. The molecule has 6 radical (unpaired) electrons. The summed E-state index contributed by atoms with van der Waals surface area (Å²) >= 11 is 0. The van der Waals surface area contributed by atoms with Crippen LogP contribution in [0.15, 0.2) is 24.3 Å². The van der Waals surface area contributed by atoms with Crippen molar-refractivity contribution in [1.29, 1.82) is 0 Å². The molecule has 0 aliphatic rings. The highest BCUT2D eigenvalue weighted by molar-refractivity contribution is 7.85. The molecule has 0 amide bonds. The molecule has 1 N–H and O–H groups in total. The van der Waals surface area contributed by atoms with Crippen LogP contribution in [0.25, 0.3) is 0 Å². The van der Waals surface area contributed by atoms with Gasteiger partial charge in [-0.2, -0.15) is 8.42 Å². The van der Waals surface area contributed by atoms with Gasteiger partial charge in [-0.15, -0.1) is 0 Å². The van der Waals surface area contributed by atoms with Crippen molar-refractivity contribution in [3.8, 4) is 5.75 Å². The number of alkyl halides is 4. The Balaban J connectivity index is 3.08. The van der Waals surface area contributed by atoms with E-state index in [1.807, 2.05) is 0 Å². The smallest absolute Gasteiger partial charge is 0.336 e. The normalized spacial score (nSPS) is 12.5. The highest BCUT2D eigenvalue weighted by atomic mass is 32.2. The second-order valence-electron chi connectivity index (χ2n) is 6.31. The van der Waals surface area contributed by atoms with Gasteiger partial charge in [0.1, 0.15) is 11.5 Å². The van der Waals surface area contributed by atoms with Crippen molar-refractivity contribution in [2.45, 2.75) is 37.4 Å². The maximum atomic E-state index is 13.1. The summed E-state index contributed by atoms with van der Waals surface area (Å²) in [5.74, 6) is -5.48. The third-order valence-corrected chi connectivity index (χ3v) is 4.79. The third-order valence-electron chi connectivity index (χ3n) is 3.97. The lowest BCUT2D eigenvalue weighted by Crippen LogP contribution is -2.53. The number of carbonyl (C=O) groups is 2. The van der Waals surface area contributed by atoms with Gasteiger partial charge in [0, 0.05) is 12.2 Å². The van der Waals surface area contributed by atoms with Crippen molar-refractivity contribution in [3.63, 3.8) is 0 Å². The van der Waals surface area contributed by atoms with Gasteiger partial charge < -0.3 is 9.47 Å². The largest absolute Gasteiger partial charge is 0.442 e. The van der Waals surface area contributed by atoms with Crippen LogP contribution >= 0.6 is 0 Å². The number of esters is 2. The number of halogens is 4. The SMILES string of the molecule is [B]Cc1cc(C[B])c(OC(=O)/C=C\C(=O)OC(CS(=O)(=O)O)(C(F)F)C(F)F)c(C[B])c1. The number of hydrogen-bond donors (Lipinski definition) is 1. The molecule has 0 saturated carbocycles. The van der Waals surface area contributed by atoms with Gasteiger partial charge in [0.2, 0.25) is 5.60 Å². The van der Waals surface area contributed by atoms with Crippen molar-refractivity contribution >= 4 is 45.6 Å². The summed E-state index contributed by atoms with van der Waals surface area (Å²) in [6.07, 6.45) is -7.87. The minimum Gasteiger partial charge on any atom is -0.442 e. The lowest BCUT2D eigenvalue weighted by atomic mass is 9.85. The number of hydrogen-bond acceptors (Lipinski definition) is 6. The van der Waals surface area contributed by atoms with Gasteiger partial charge in [-0.1, -0.05) is 36.7 Å². The summed E-state index contributed by atoms with van der Waals surface area (Å²) in [7, 11) is 11.3. The maximum Gasteiger partial charge on any atom is 0.336 e. The molecule has 0 bridgehead atoms. The summed E-state index contributed by atoms with van der Waals surface area (Å²) in [6, 6.07) is 3.07. The minimum absolute atomic E-state index is 0.0453. The van der Waals surface area contributed by atoms with Crippen LogP contribution in [0.5, 0.6) is 5.75 Å². The Labute approximate surface area is 185 Å². The fraction of sp³-hybridized carbons (Fsp3) is 0.412. The van der Waals surface area contributed by atoms with E-state index < -0.39 is 46.3 Å². The summed E-state index contributed by atoms with van der Waals surface area (Å²) in [5, 5.41) is 0. The van der Waals surface area contributed by atoms with Crippen LogP contribution in [0.4, 0.5) is 17.6 Å². The summed E-state index contributed by atoms with van der Waals surface area (Å²) < 4.78 is 91.9. The third kappa shape index (κ3) is 7.40. The molecule has 1 aromatic rings. The van der Waals surface area contributed by atoms with E-state index in [4.69, 9.17) is 32.8 Å². The standard InChI is InChI=1S/C17H15B3F4O7S/c18-5-9-3-10(6-19)14(11(4-9)7-20)30-12(25)1-2-13(26)31-17(15(21)22,16(23)24)8-32(27,28)29/h1-4,15-16H,5-8H2,(H,27,28,29)/b2-1-. The van der Waals surface area contributed by atoms with Crippen molar-refractivity contribution < 1.29 is 49.6 Å². The molecule has 0 aromatic heterocycles. The van der Waals surface area contributed by atoms with E-state index in [2.05, 4.69) is 4.74 Å². The number of carbonyl (C=O) groups excluding carboxylic acids is 2. The van der Waals surface area contributed by atoms with E-state index in [1.165, 1.54) is 12.1 Å². The highest BCUT2D eigenvalue weighted by Crippen LogP contribution is 2.31. The van der Waals surface area contributed by atoms with Gasteiger partial charge in [-0.3, -0.25) is 4.55 Å². The minimum atomic E-state index is -5.40. The molecule has 32 heavy (non-hydrogen) atoms. The fourth-order valence-corrected chi connectivity index (χ4v) is 3.38. The Bertz CT molecular complexity index is 938. The number of ether oxygens (including phenoxy) is 2. The predicted octanol–water partition coefficient (Wildman–Crippen LogP) is 0.854. The van der Waals surface area contributed by atoms with Gasteiger partial charge in [0.15, 0.2) is 0 Å². The van der Waals surface area contributed by atoms with E-state index in [1.54, 1.807) is 0 Å². The summed E-state index contributed by atoms with van der Waals surface area (Å²) in [6.45, 7) is 0. The zero-order valence-electron chi connectivity index (χ0n) is 16.3. The first-order valence-corrected chi connectivity index (χ1v) is 10.3. The Morgan fingerprint density at radius 2 is 1.44 bits per heavy atom. The van der Waals surface area contributed by atoms with E-state index in [0.717, 1.165) is 0 Å². The van der Waals surface area contributed by atoms with Crippen LogP contribution in [0.1, 0.15) is 16.7 Å². The van der Waals surface area contributed by atoms with Crippen LogP contribution in [0, 0.1) is 0 Å². The Hall–Kier alpha value is -2.28. The van der Waals surface area contributed by atoms with Gasteiger partial charge in [-0.05, 0) is 11.1 Å². The van der Waals surface area contributed by atoms with Crippen LogP contribution < -0.4 is 4.74 Å². The van der Waals surface area contributed by atoms with Crippen molar-refractivity contribution in [2.75, 3.05) is 5.75 Å². The van der Waals surface area contributed by atoms with E-state index in [-0.39, 0.29) is 30.8 Å². The first kappa shape index (κ1) is 27.8. The maximum absolute atomic E-state index is 13.1. The lowest BCUT2D eigenvalue weighted by molar-refractivity contribution is -0.200. The van der Waals surface area contributed by atoms with E-state index in [9.17, 15) is 35.6 Å². The van der Waals surface area contributed by atoms with Crippen LogP contribution in [-0.2, 0) is 43.4 Å². The molecule has 0 unspecified atom stereocenters. The van der Waals surface area contributed by atoms with Crippen molar-refractivity contribution in [3.05, 3.63) is 41.0 Å². The molecule has 0 fully saturated rings. The molecule has 0 aliphatic heterocycles. The van der Waals surface area contributed by atoms with E-state index >= 15 is 0 Å². The van der Waals surface area contributed by atoms with Gasteiger partial charge >= 0.3 is 11.9 Å². The quantitative estimate of drug-likeness (QED) is 0.127. The fourth-order valence-electron chi connectivity index (χ4n) is 2.50. The number of rotatable bonds is 11. The summed E-state index contributed by atoms with van der Waals surface area (Å²) in [4.78, 5) is 23.7. The molecule has 7 nitrogen and oxygen atoms in total.